The van der Waals surface area contributed by atoms with Gasteiger partial charge in [0.05, 0.1) is 13.2 Å². The fourth-order valence-corrected chi connectivity index (χ4v) is 2.11. The number of benzene rings is 2. The lowest BCUT2D eigenvalue weighted by Gasteiger charge is -2.17. The van der Waals surface area contributed by atoms with Crippen molar-refractivity contribution in [3.05, 3.63) is 59.7 Å². The van der Waals surface area contributed by atoms with Crippen molar-refractivity contribution in [2.24, 2.45) is 5.73 Å². The Balaban J connectivity index is 2.17. The Labute approximate surface area is 125 Å². The smallest absolute Gasteiger partial charge is 0.162 e. The average molecular weight is 287 g/mol. The molecule has 4 nitrogen and oxygen atoms in total. The Morgan fingerprint density at radius 1 is 1.00 bits per heavy atom. The minimum atomic E-state index is -0.144. The standard InChI is InChI=1S/C17H21NO3/c1-19-15-9-8-14(17(11-18)20-2)10-16(15)21-12-13-6-4-3-5-7-13/h3-10,17H,11-12,18H2,1-2H3. The molecule has 0 saturated heterocycles. The maximum atomic E-state index is 5.87. The molecule has 0 radical (unpaired) electrons. The van der Waals surface area contributed by atoms with Gasteiger partial charge >= 0.3 is 0 Å². The molecule has 0 heterocycles. The predicted molar refractivity (Wildman–Crippen MR) is 82.6 cm³/mol. The van der Waals surface area contributed by atoms with Crippen LogP contribution >= 0.6 is 0 Å². The number of methoxy groups -OCH3 is 2. The van der Waals surface area contributed by atoms with Crippen LogP contribution in [0.2, 0.25) is 0 Å². The van der Waals surface area contributed by atoms with E-state index in [0.717, 1.165) is 11.1 Å². The number of hydrogen-bond acceptors (Lipinski definition) is 4. The zero-order chi connectivity index (χ0) is 15.1. The van der Waals surface area contributed by atoms with Crippen LogP contribution in [-0.2, 0) is 11.3 Å². The molecule has 1 unspecified atom stereocenters. The van der Waals surface area contributed by atoms with Crippen LogP contribution in [0.4, 0.5) is 0 Å². The first-order valence-corrected chi connectivity index (χ1v) is 6.86. The molecule has 4 heteroatoms. The molecule has 112 valence electrons. The maximum Gasteiger partial charge on any atom is 0.162 e. The van der Waals surface area contributed by atoms with Crippen LogP contribution in [0.25, 0.3) is 0 Å². The van der Waals surface area contributed by atoms with Crippen LogP contribution < -0.4 is 15.2 Å². The highest BCUT2D eigenvalue weighted by molar-refractivity contribution is 5.43. The van der Waals surface area contributed by atoms with Gasteiger partial charge < -0.3 is 19.9 Å². The second-order valence-electron chi connectivity index (χ2n) is 4.64. The van der Waals surface area contributed by atoms with Gasteiger partial charge in [-0.05, 0) is 23.3 Å². The van der Waals surface area contributed by atoms with Gasteiger partial charge in [0.25, 0.3) is 0 Å². The Morgan fingerprint density at radius 3 is 2.38 bits per heavy atom. The first-order chi connectivity index (χ1) is 10.3. The average Bonchev–Trinajstić information content (AvgIpc) is 2.55. The highest BCUT2D eigenvalue weighted by Crippen LogP contribution is 2.31. The summed E-state index contributed by atoms with van der Waals surface area (Å²) in [5, 5.41) is 0. The Bertz CT molecular complexity index is 553. The number of nitrogens with two attached hydrogens (primary N) is 1. The number of hydrogen-bond donors (Lipinski definition) is 1. The summed E-state index contributed by atoms with van der Waals surface area (Å²) in [7, 11) is 3.27. The predicted octanol–water partition coefficient (Wildman–Crippen LogP) is 2.92. The largest absolute Gasteiger partial charge is 0.493 e. The number of rotatable bonds is 7. The van der Waals surface area contributed by atoms with Gasteiger partial charge in [0.1, 0.15) is 6.61 Å². The summed E-state index contributed by atoms with van der Waals surface area (Å²) < 4.78 is 16.6. The molecule has 2 rings (SSSR count). The monoisotopic (exact) mass is 287 g/mol. The quantitative estimate of drug-likeness (QED) is 0.850. The fourth-order valence-electron chi connectivity index (χ4n) is 2.11. The molecule has 2 aromatic rings. The molecule has 0 aliphatic carbocycles. The zero-order valence-corrected chi connectivity index (χ0v) is 12.4. The topological polar surface area (TPSA) is 53.7 Å². The van der Waals surface area contributed by atoms with Crippen LogP contribution in [0.1, 0.15) is 17.2 Å². The normalized spacial score (nSPS) is 12.0. The molecule has 0 aromatic heterocycles. The third-order valence-electron chi connectivity index (χ3n) is 3.30. The molecule has 0 fully saturated rings. The Hall–Kier alpha value is -2.04. The van der Waals surface area contributed by atoms with E-state index >= 15 is 0 Å². The van der Waals surface area contributed by atoms with Gasteiger partial charge in [-0.15, -0.1) is 0 Å². The van der Waals surface area contributed by atoms with Crippen molar-refractivity contribution in [3.63, 3.8) is 0 Å². The highest BCUT2D eigenvalue weighted by atomic mass is 16.5. The molecule has 0 saturated carbocycles. The van der Waals surface area contributed by atoms with Crippen LogP contribution in [-0.4, -0.2) is 20.8 Å². The lowest BCUT2D eigenvalue weighted by Crippen LogP contribution is -2.14. The molecule has 0 bridgehead atoms. The van der Waals surface area contributed by atoms with E-state index in [1.165, 1.54) is 0 Å². The van der Waals surface area contributed by atoms with Crippen molar-refractivity contribution in [1.82, 2.24) is 0 Å². The van der Waals surface area contributed by atoms with E-state index in [1.807, 2.05) is 48.5 Å². The summed E-state index contributed by atoms with van der Waals surface area (Å²) in [4.78, 5) is 0. The lowest BCUT2D eigenvalue weighted by molar-refractivity contribution is 0.110. The van der Waals surface area contributed by atoms with Gasteiger partial charge in [-0.1, -0.05) is 36.4 Å². The van der Waals surface area contributed by atoms with Crippen molar-refractivity contribution in [1.29, 1.82) is 0 Å². The number of ether oxygens (including phenoxy) is 3. The molecule has 0 aliphatic heterocycles. The summed E-state index contributed by atoms with van der Waals surface area (Å²) in [6.45, 7) is 0.905. The third-order valence-corrected chi connectivity index (χ3v) is 3.30. The molecular weight excluding hydrogens is 266 g/mol. The van der Waals surface area contributed by atoms with Gasteiger partial charge in [-0.2, -0.15) is 0 Å². The van der Waals surface area contributed by atoms with Gasteiger partial charge in [0.2, 0.25) is 0 Å². The lowest BCUT2D eigenvalue weighted by atomic mass is 10.1. The SMILES string of the molecule is COc1ccc(C(CN)OC)cc1OCc1ccccc1. The van der Waals surface area contributed by atoms with Gasteiger partial charge in [-0.25, -0.2) is 0 Å². The first kappa shape index (κ1) is 15.4. The minimum absolute atomic E-state index is 0.144. The van der Waals surface area contributed by atoms with E-state index in [4.69, 9.17) is 19.9 Å². The second kappa shape index (κ2) is 7.67. The molecule has 0 amide bonds. The first-order valence-electron chi connectivity index (χ1n) is 6.86. The van der Waals surface area contributed by atoms with Gasteiger partial charge in [0.15, 0.2) is 11.5 Å². The van der Waals surface area contributed by atoms with Gasteiger partial charge in [-0.3, -0.25) is 0 Å². The summed E-state index contributed by atoms with van der Waals surface area (Å²) in [6, 6.07) is 15.7. The fraction of sp³-hybridized carbons (Fsp3) is 0.294. The third kappa shape index (κ3) is 3.97. The van der Waals surface area contributed by atoms with E-state index < -0.39 is 0 Å². The van der Waals surface area contributed by atoms with Crippen LogP contribution in [0.5, 0.6) is 11.5 Å². The maximum absolute atomic E-state index is 5.87. The molecule has 0 aliphatic rings. The van der Waals surface area contributed by atoms with Crippen molar-refractivity contribution >= 4 is 0 Å². The summed E-state index contributed by atoms with van der Waals surface area (Å²) in [6.07, 6.45) is -0.144. The molecule has 21 heavy (non-hydrogen) atoms. The molecule has 1 atom stereocenters. The zero-order valence-electron chi connectivity index (χ0n) is 12.4. The summed E-state index contributed by atoms with van der Waals surface area (Å²) in [5.74, 6) is 1.39. The van der Waals surface area contributed by atoms with Crippen molar-refractivity contribution in [2.45, 2.75) is 12.7 Å². The van der Waals surface area contributed by atoms with Crippen LogP contribution in [0, 0.1) is 0 Å². The van der Waals surface area contributed by atoms with Crippen molar-refractivity contribution in [3.8, 4) is 11.5 Å². The van der Waals surface area contributed by atoms with Crippen molar-refractivity contribution in [2.75, 3.05) is 20.8 Å². The molecular formula is C17H21NO3. The van der Waals surface area contributed by atoms with E-state index in [2.05, 4.69) is 0 Å². The molecule has 0 spiro atoms. The van der Waals surface area contributed by atoms with E-state index in [-0.39, 0.29) is 6.10 Å². The van der Waals surface area contributed by atoms with Crippen LogP contribution in [0.15, 0.2) is 48.5 Å². The summed E-state index contributed by atoms with van der Waals surface area (Å²) in [5.41, 5.74) is 7.78. The molecule has 2 N–H and O–H groups in total. The van der Waals surface area contributed by atoms with Gasteiger partial charge in [0, 0.05) is 13.7 Å². The highest BCUT2D eigenvalue weighted by Gasteiger charge is 2.12. The Kier molecular flexibility index (Phi) is 5.60. The van der Waals surface area contributed by atoms with Crippen LogP contribution in [0.3, 0.4) is 0 Å². The van der Waals surface area contributed by atoms with E-state index in [1.54, 1.807) is 14.2 Å². The van der Waals surface area contributed by atoms with E-state index in [9.17, 15) is 0 Å². The second-order valence-corrected chi connectivity index (χ2v) is 4.64. The minimum Gasteiger partial charge on any atom is -0.493 e. The molecule has 2 aromatic carbocycles. The van der Waals surface area contributed by atoms with Crippen molar-refractivity contribution < 1.29 is 14.2 Å². The van der Waals surface area contributed by atoms with E-state index in [0.29, 0.717) is 24.7 Å². The summed E-state index contributed by atoms with van der Waals surface area (Å²) >= 11 is 0. The Morgan fingerprint density at radius 2 is 1.76 bits per heavy atom.